The molecule has 28 heavy (non-hydrogen) atoms. The number of rotatable bonds is 7. The molecule has 1 unspecified atom stereocenters. The predicted molar refractivity (Wildman–Crippen MR) is 110 cm³/mol. The molecule has 0 aliphatic heterocycles. The Morgan fingerprint density at radius 1 is 1.36 bits per heavy atom. The van der Waals surface area contributed by atoms with Crippen LogP contribution in [0.5, 0.6) is 11.5 Å². The third kappa shape index (κ3) is 4.09. The molecule has 0 fully saturated rings. The van der Waals surface area contributed by atoms with Gasteiger partial charge in [0, 0.05) is 18.3 Å². The number of halogens is 1. The molecule has 0 spiro atoms. The van der Waals surface area contributed by atoms with E-state index in [1.807, 2.05) is 24.1 Å². The summed E-state index contributed by atoms with van der Waals surface area (Å²) in [6.45, 7) is 5.09. The number of benzene rings is 1. The molecule has 1 aliphatic rings. The van der Waals surface area contributed by atoms with E-state index in [-0.39, 0.29) is 11.9 Å². The molecular formula is C22H27ClN2O3. The van der Waals surface area contributed by atoms with Gasteiger partial charge in [0.1, 0.15) is 0 Å². The molecule has 1 aliphatic carbocycles. The molecule has 0 bridgehead atoms. The van der Waals surface area contributed by atoms with E-state index in [9.17, 15) is 4.79 Å². The molecule has 0 N–H and O–H groups in total. The first-order chi connectivity index (χ1) is 13.6. The van der Waals surface area contributed by atoms with Crippen molar-refractivity contribution in [2.45, 2.75) is 45.6 Å². The fourth-order valence-electron chi connectivity index (χ4n) is 3.82. The first-order valence-electron chi connectivity index (χ1n) is 9.85. The maximum Gasteiger partial charge on any atom is 0.254 e. The van der Waals surface area contributed by atoms with E-state index in [1.54, 1.807) is 19.2 Å². The van der Waals surface area contributed by atoms with Crippen LogP contribution in [0.4, 0.5) is 0 Å². The van der Waals surface area contributed by atoms with Gasteiger partial charge in [-0.05, 0) is 56.4 Å². The van der Waals surface area contributed by atoms with Gasteiger partial charge in [-0.1, -0.05) is 24.6 Å². The zero-order valence-corrected chi connectivity index (χ0v) is 17.5. The van der Waals surface area contributed by atoms with Gasteiger partial charge in [0.15, 0.2) is 11.5 Å². The highest BCUT2D eigenvalue weighted by molar-refractivity contribution is 6.32. The molecule has 1 amide bonds. The van der Waals surface area contributed by atoms with Gasteiger partial charge in [-0.2, -0.15) is 0 Å². The van der Waals surface area contributed by atoms with Crippen molar-refractivity contribution in [1.29, 1.82) is 0 Å². The van der Waals surface area contributed by atoms with Crippen molar-refractivity contribution in [1.82, 2.24) is 9.88 Å². The fraction of sp³-hybridized carbons (Fsp3) is 0.455. The number of aromatic nitrogens is 1. The summed E-state index contributed by atoms with van der Waals surface area (Å²) in [5.41, 5.74) is 2.75. The Balaban J connectivity index is 1.98. The molecule has 150 valence electrons. The van der Waals surface area contributed by atoms with Crippen molar-refractivity contribution in [2.75, 3.05) is 20.3 Å². The maximum atomic E-state index is 13.5. The number of pyridine rings is 1. The van der Waals surface area contributed by atoms with E-state index in [0.29, 0.717) is 35.2 Å². The second-order valence-corrected chi connectivity index (χ2v) is 7.28. The number of methoxy groups -OCH3 is 1. The summed E-state index contributed by atoms with van der Waals surface area (Å²) in [6, 6.07) is 7.44. The Bertz CT molecular complexity index is 841. The lowest BCUT2D eigenvalue weighted by molar-refractivity contribution is 0.0651. The van der Waals surface area contributed by atoms with E-state index in [4.69, 9.17) is 21.1 Å². The molecule has 1 aromatic heterocycles. The normalized spacial score (nSPS) is 15.6. The zero-order chi connectivity index (χ0) is 20.1. The second kappa shape index (κ2) is 9.28. The molecule has 0 saturated carbocycles. The van der Waals surface area contributed by atoms with Crippen molar-refractivity contribution in [3.63, 3.8) is 0 Å². The second-order valence-electron chi connectivity index (χ2n) is 6.88. The minimum Gasteiger partial charge on any atom is -0.493 e. The zero-order valence-electron chi connectivity index (χ0n) is 16.7. The Kier molecular flexibility index (Phi) is 6.79. The molecule has 1 heterocycles. The molecule has 2 aromatic rings. The maximum absolute atomic E-state index is 13.5. The van der Waals surface area contributed by atoms with E-state index in [1.165, 1.54) is 5.56 Å². The number of carbonyl (C=O) groups excluding carboxylic acids is 1. The van der Waals surface area contributed by atoms with Gasteiger partial charge in [-0.25, -0.2) is 0 Å². The molecule has 0 saturated heterocycles. The van der Waals surface area contributed by atoms with Gasteiger partial charge in [-0.15, -0.1) is 0 Å². The minimum absolute atomic E-state index is 0.0197. The Morgan fingerprint density at radius 3 is 2.89 bits per heavy atom. The van der Waals surface area contributed by atoms with Crippen molar-refractivity contribution in [2.24, 2.45) is 0 Å². The average molecular weight is 403 g/mol. The lowest BCUT2D eigenvalue weighted by Gasteiger charge is -2.35. The van der Waals surface area contributed by atoms with Crippen LogP contribution in [0.2, 0.25) is 5.02 Å². The third-order valence-electron chi connectivity index (χ3n) is 5.03. The summed E-state index contributed by atoms with van der Waals surface area (Å²) in [5.74, 6) is 0.875. The van der Waals surface area contributed by atoms with Crippen molar-refractivity contribution >= 4 is 17.5 Å². The first kappa shape index (κ1) is 20.5. The SMILES string of the molecule is CCCN(C(=O)c1cc(Cl)c(OCC)c(OC)c1)C1CCCc2cccnc21. The van der Waals surface area contributed by atoms with Crippen LogP contribution in [-0.2, 0) is 6.42 Å². The topological polar surface area (TPSA) is 51.7 Å². The van der Waals surface area contributed by atoms with Gasteiger partial charge in [0.05, 0.1) is 30.5 Å². The summed E-state index contributed by atoms with van der Waals surface area (Å²) in [5, 5.41) is 0.378. The lowest BCUT2D eigenvalue weighted by atomic mass is 9.90. The number of aryl methyl sites for hydroxylation is 1. The van der Waals surface area contributed by atoms with Crippen LogP contribution in [0.3, 0.4) is 0 Å². The van der Waals surface area contributed by atoms with E-state index in [2.05, 4.69) is 18.0 Å². The van der Waals surface area contributed by atoms with Gasteiger partial charge in [-0.3, -0.25) is 9.78 Å². The smallest absolute Gasteiger partial charge is 0.254 e. The highest BCUT2D eigenvalue weighted by Crippen LogP contribution is 2.38. The number of fused-ring (bicyclic) bond motifs is 1. The monoisotopic (exact) mass is 402 g/mol. The van der Waals surface area contributed by atoms with Crippen LogP contribution in [0.25, 0.3) is 0 Å². The van der Waals surface area contributed by atoms with Crippen LogP contribution in [0.1, 0.15) is 60.8 Å². The van der Waals surface area contributed by atoms with Gasteiger partial charge >= 0.3 is 0 Å². The summed E-state index contributed by atoms with van der Waals surface area (Å²) < 4.78 is 11.0. The van der Waals surface area contributed by atoms with E-state index >= 15 is 0 Å². The molecule has 6 heteroatoms. The first-order valence-corrected chi connectivity index (χ1v) is 10.2. The number of hydrogen-bond acceptors (Lipinski definition) is 4. The van der Waals surface area contributed by atoms with Crippen molar-refractivity contribution < 1.29 is 14.3 Å². The molecule has 3 rings (SSSR count). The molecule has 5 nitrogen and oxygen atoms in total. The van der Waals surface area contributed by atoms with Crippen LogP contribution < -0.4 is 9.47 Å². The fourth-order valence-corrected chi connectivity index (χ4v) is 4.09. The van der Waals surface area contributed by atoms with Gasteiger partial charge in [0.25, 0.3) is 5.91 Å². The van der Waals surface area contributed by atoms with Crippen LogP contribution in [0.15, 0.2) is 30.5 Å². The Labute approximate surface area is 171 Å². The summed E-state index contributed by atoms with van der Waals surface area (Å²) in [7, 11) is 1.55. The molecule has 1 aromatic carbocycles. The predicted octanol–water partition coefficient (Wildman–Crippen LogP) is 5.07. The number of ether oxygens (including phenoxy) is 2. The van der Waals surface area contributed by atoms with Gasteiger partial charge < -0.3 is 14.4 Å². The van der Waals surface area contributed by atoms with Crippen molar-refractivity contribution in [3.8, 4) is 11.5 Å². The minimum atomic E-state index is -0.0615. The van der Waals surface area contributed by atoms with Crippen molar-refractivity contribution in [3.05, 3.63) is 52.3 Å². The Morgan fingerprint density at radius 2 is 2.18 bits per heavy atom. The van der Waals surface area contributed by atoms with E-state index in [0.717, 1.165) is 31.4 Å². The van der Waals surface area contributed by atoms with Crippen LogP contribution >= 0.6 is 11.6 Å². The molecule has 0 radical (unpaired) electrons. The number of amides is 1. The Hall–Kier alpha value is -2.27. The summed E-state index contributed by atoms with van der Waals surface area (Å²) in [6.07, 6.45) is 5.65. The van der Waals surface area contributed by atoms with Crippen LogP contribution in [0, 0.1) is 0 Å². The number of carbonyl (C=O) groups is 1. The standard InChI is InChI=1S/C22H27ClN2O3/c1-4-12-25(18-10-6-8-15-9-7-11-24-20(15)18)22(26)16-13-17(23)21(28-5-2)19(14-16)27-3/h7,9,11,13-14,18H,4-6,8,10,12H2,1-3H3. The highest BCUT2D eigenvalue weighted by Gasteiger charge is 2.31. The molecular weight excluding hydrogens is 376 g/mol. The largest absolute Gasteiger partial charge is 0.493 e. The third-order valence-corrected chi connectivity index (χ3v) is 5.31. The number of hydrogen-bond donors (Lipinski definition) is 0. The van der Waals surface area contributed by atoms with E-state index < -0.39 is 0 Å². The number of nitrogens with zero attached hydrogens (tertiary/aromatic N) is 2. The summed E-state index contributed by atoms with van der Waals surface area (Å²) >= 11 is 6.40. The lowest BCUT2D eigenvalue weighted by Crippen LogP contribution is -2.37. The van der Waals surface area contributed by atoms with Crippen LogP contribution in [-0.4, -0.2) is 36.1 Å². The summed E-state index contributed by atoms with van der Waals surface area (Å²) in [4.78, 5) is 20.0. The quantitative estimate of drug-likeness (QED) is 0.648. The van der Waals surface area contributed by atoms with Gasteiger partial charge in [0.2, 0.25) is 0 Å². The highest BCUT2D eigenvalue weighted by atomic mass is 35.5. The molecule has 1 atom stereocenters. The average Bonchev–Trinajstić information content (AvgIpc) is 2.72.